The summed E-state index contributed by atoms with van der Waals surface area (Å²) >= 11 is 1.81. The highest BCUT2D eigenvalue weighted by Gasteiger charge is 2.28. The molecule has 0 amide bonds. The molecule has 24 heavy (non-hydrogen) atoms. The molecule has 0 aliphatic carbocycles. The van der Waals surface area contributed by atoms with Crippen LogP contribution in [0, 0.1) is 34.5 Å². The molecular weight excluding hydrogens is 310 g/mol. The van der Waals surface area contributed by atoms with Crippen molar-refractivity contribution in [3.63, 3.8) is 0 Å². The molecule has 0 N–H and O–H groups in total. The molecule has 0 rings (SSSR count). The number of rotatable bonds is 7. The normalized spacial score (nSPS) is 16.7. The van der Waals surface area contributed by atoms with E-state index in [9.17, 15) is 5.26 Å². The Balaban J connectivity index is 6.23. The highest BCUT2D eigenvalue weighted by Crippen LogP contribution is 2.43. The first kappa shape index (κ1) is 23.1. The van der Waals surface area contributed by atoms with Crippen molar-refractivity contribution in [3.05, 3.63) is 34.3 Å². The van der Waals surface area contributed by atoms with Crippen molar-refractivity contribution in [1.29, 1.82) is 5.26 Å². The molecule has 136 valence electrons. The van der Waals surface area contributed by atoms with Gasteiger partial charge in [0.25, 0.3) is 0 Å². The average molecular weight is 348 g/mol. The highest BCUT2D eigenvalue weighted by molar-refractivity contribution is 8.03. The van der Waals surface area contributed by atoms with Crippen LogP contribution in [0.3, 0.4) is 0 Å². The van der Waals surface area contributed by atoms with Crippen molar-refractivity contribution in [2.24, 2.45) is 23.2 Å². The average Bonchev–Trinajstić information content (AvgIpc) is 2.45. The summed E-state index contributed by atoms with van der Waals surface area (Å²) in [5.74, 6) is 1.32. The zero-order valence-electron chi connectivity index (χ0n) is 17.4. The minimum atomic E-state index is -0.104. The van der Waals surface area contributed by atoms with Crippen LogP contribution in [-0.4, -0.2) is 5.25 Å². The van der Waals surface area contributed by atoms with E-state index in [4.69, 9.17) is 0 Å². The fourth-order valence-corrected chi connectivity index (χ4v) is 3.86. The summed E-state index contributed by atoms with van der Waals surface area (Å²) in [4.78, 5) is 1.17. The molecule has 0 saturated heterocycles. The number of hydrogen-bond donors (Lipinski definition) is 0. The van der Waals surface area contributed by atoms with Crippen LogP contribution in [0.5, 0.6) is 0 Å². The number of nitrogens with zero attached hydrogens (tertiary/aromatic N) is 1. The van der Waals surface area contributed by atoms with E-state index in [1.807, 2.05) is 11.8 Å². The monoisotopic (exact) mass is 347 g/mol. The van der Waals surface area contributed by atoms with Crippen LogP contribution in [0.2, 0.25) is 0 Å². The van der Waals surface area contributed by atoms with E-state index >= 15 is 0 Å². The van der Waals surface area contributed by atoms with Crippen LogP contribution in [0.1, 0.15) is 69.2 Å². The molecule has 0 aromatic carbocycles. The van der Waals surface area contributed by atoms with Crippen LogP contribution in [0.25, 0.3) is 0 Å². The van der Waals surface area contributed by atoms with E-state index in [1.165, 1.54) is 10.5 Å². The number of nitriles is 1. The van der Waals surface area contributed by atoms with Crippen LogP contribution < -0.4 is 0 Å². The molecule has 0 aliphatic rings. The summed E-state index contributed by atoms with van der Waals surface area (Å²) in [5.41, 5.74) is 3.03. The maximum absolute atomic E-state index is 9.89. The fourth-order valence-electron chi connectivity index (χ4n) is 2.72. The molecule has 0 aromatic heterocycles. The minimum absolute atomic E-state index is 0.104. The molecule has 0 aliphatic heterocycles. The molecule has 0 spiro atoms. The summed E-state index contributed by atoms with van der Waals surface area (Å²) in [6.07, 6.45) is 2.24. The molecule has 0 heterocycles. The first-order chi connectivity index (χ1) is 10.9. The smallest absolute Gasteiger partial charge is 0.100 e. The van der Waals surface area contributed by atoms with Gasteiger partial charge in [0.15, 0.2) is 0 Å². The number of thioether (sulfide) groups is 1. The molecule has 0 aromatic rings. The summed E-state index contributed by atoms with van der Waals surface area (Å²) in [5, 5.41) is 10.3. The Morgan fingerprint density at radius 3 is 1.88 bits per heavy atom. The molecule has 2 atom stereocenters. The van der Waals surface area contributed by atoms with Gasteiger partial charge in [0.05, 0.1) is 5.57 Å². The Morgan fingerprint density at radius 1 is 1.08 bits per heavy atom. The van der Waals surface area contributed by atoms with Gasteiger partial charge in [-0.2, -0.15) is 5.26 Å². The third kappa shape index (κ3) is 6.17. The third-order valence-electron chi connectivity index (χ3n) is 4.68. The van der Waals surface area contributed by atoms with Gasteiger partial charge in [-0.25, -0.2) is 0 Å². The van der Waals surface area contributed by atoms with E-state index in [0.29, 0.717) is 17.1 Å². The van der Waals surface area contributed by atoms with Crippen molar-refractivity contribution >= 4 is 11.8 Å². The molecule has 2 unspecified atom stereocenters. The predicted molar refractivity (Wildman–Crippen MR) is 111 cm³/mol. The first-order valence-electron chi connectivity index (χ1n) is 9.05. The van der Waals surface area contributed by atoms with E-state index < -0.39 is 0 Å². The van der Waals surface area contributed by atoms with Crippen LogP contribution in [0.15, 0.2) is 34.3 Å². The molecule has 1 nitrogen and oxygen atoms in total. The molecule has 0 saturated carbocycles. The van der Waals surface area contributed by atoms with Crippen molar-refractivity contribution in [2.45, 2.75) is 74.5 Å². The molecule has 0 fully saturated rings. The lowest BCUT2D eigenvalue weighted by Crippen LogP contribution is -2.18. The second-order valence-corrected chi connectivity index (χ2v) is 9.91. The quantitative estimate of drug-likeness (QED) is 0.272. The van der Waals surface area contributed by atoms with Gasteiger partial charge in [-0.15, -0.1) is 11.8 Å². The van der Waals surface area contributed by atoms with E-state index in [0.717, 1.165) is 11.1 Å². The summed E-state index contributed by atoms with van der Waals surface area (Å²) in [6, 6.07) is 2.47. The van der Waals surface area contributed by atoms with Crippen molar-refractivity contribution in [1.82, 2.24) is 0 Å². The molecule has 0 bridgehead atoms. The standard InChI is InChI=1S/C22H37NS/c1-12-19(16(6)14(2)3)17(7)21(24-15(4)5)20(13-23)18(8)22(9,10)11/h12,14-17H,8H2,1-7,9-11H3/b19-12-,21-20-. The summed E-state index contributed by atoms with van der Waals surface area (Å²) in [6.45, 7) is 26.2. The second kappa shape index (κ2) is 9.52. The second-order valence-electron chi connectivity index (χ2n) is 8.29. The van der Waals surface area contributed by atoms with E-state index in [2.05, 4.69) is 88.0 Å². The summed E-state index contributed by atoms with van der Waals surface area (Å²) in [7, 11) is 0. The fraction of sp³-hybridized carbons (Fsp3) is 0.682. The predicted octanol–water partition coefficient (Wildman–Crippen LogP) is 7.38. The molecule has 2 heteroatoms. The van der Waals surface area contributed by atoms with Crippen molar-refractivity contribution < 1.29 is 0 Å². The summed E-state index contributed by atoms with van der Waals surface area (Å²) < 4.78 is 0. The largest absolute Gasteiger partial charge is 0.192 e. The van der Waals surface area contributed by atoms with Crippen molar-refractivity contribution in [2.75, 3.05) is 0 Å². The first-order valence-corrected chi connectivity index (χ1v) is 9.93. The topological polar surface area (TPSA) is 23.8 Å². The van der Waals surface area contributed by atoms with Crippen molar-refractivity contribution in [3.8, 4) is 6.07 Å². The van der Waals surface area contributed by atoms with Gasteiger partial charge in [-0.1, -0.05) is 80.5 Å². The van der Waals surface area contributed by atoms with Gasteiger partial charge in [0.2, 0.25) is 0 Å². The Hall–Kier alpha value is -0.940. The SMILES string of the molecule is C=C(/C(C#N)=C(\SC(C)C)C(C)/C(=C\C)C(C)C(C)C)C(C)(C)C. The maximum Gasteiger partial charge on any atom is 0.100 e. The zero-order chi connectivity index (χ0) is 19.2. The van der Waals surface area contributed by atoms with E-state index in [1.54, 1.807) is 0 Å². The minimum Gasteiger partial charge on any atom is -0.192 e. The zero-order valence-corrected chi connectivity index (χ0v) is 18.3. The van der Waals surface area contributed by atoms with Crippen LogP contribution >= 0.6 is 11.8 Å². The Kier molecular flexibility index (Phi) is 9.15. The van der Waals surface area contributed by atoms with Gasteiger partial charge in [-0.3, -0.25) is 0 Å². The molecular formula is C22H37NS. The highest BCUT2D eigenvalue weighted by atomic mass is 32.2. The lowest BCUT2D eigenvalue weighted by atomic mass is 9.79. The van der Waals surface area contributed by atoms with Crippen LogP contribution in [0.4, 0.5) is 0 Å². The van der Waals surface area contributed by atoms with Crippen LogP contribution in [-0.2, 0) is 0 Å². The Bertz CT molecular complexity index is 535. The van der Waals surface area contributed by atoms with Gasteiger partial charge in [0.1, 0.15) is 6.07 Å². The number of hydrogen-bond acceptors (Lipinski definition) is 2. The Morgan fingerprint density at radius 2 is 1.58 bits per heavy atom. The lowest BCUT2D eigenvalue weighted by Gasteiger charge is -2.30. The number of allylic oxidation sites excluding steroid dienone is 5. The van der Waals surface area contributed by atoms with E-state index in [-0.39, 0.29) is 11.3 Å². The third-order valence-corrected chi connectivity index (χ3v) is 5.96. The van der Waals surface area contributed by atoms with Gasteiger partial charge < -0.3 is 0 Å². The maximum atomic E-state index is 9.89. The molecule has 0 radical (unpaired) electrons. The van der Waals surface area contributed by atoms with Gasteiger partial charge in [0, 0.05) is 16.1 Å². The lowest BCUT2D eigenvalue weighted by molar-refractivity contribution is 0.450. The van der Waals surface area contributed by atoms with Gasteiger partial charge >= 0.3 is 0 Å². The Labute approximate surface area is 155 Å². The van der Waals surface area contributed by atoms with Gasteiger partial charge in [-0.05, 0) is 29.7 Å².